The lowest BCUT2D eigenvalue weighted by Crippen LogP contribution is -2.06. The third-order valence-electron chi connectivity index (χ3n) is 2.65. The summed E-state index contributed by atoms with van der Waals surface area (Å²) in [5.74, 6) is 0. The van der Waals surface area contributed by atoms with E-state index in [1.165, 1.54) is 0 Å². The Kier molecular flexibility index (Phi) is 4.18. The Balaban J connectivity index is 2.16. The molecular weight excluding hydrogens is 234 g/mol. The molecule has 0 spiro atoms. The van der Waals surface area contributed by atoms with Gasteiger partial charge in [-0.1, -0.05) is 11.6 Å². The Labute approximate surface area is 106 Å². The van der Waals surface area contributed by atoms with E-state index in [2.05, 4.69) is 10.3 Å². The predicted octanol–water partition coefficient (Wildman–Crippen LogP) is 3.04. The highest BCUT2D eigenvalue weighted by atomic mass is 35.5. The minimum Gasteiger partial charge on any atom is -0.384 e. The smallest absolute Gasteiger partial charge is 0.0737 e. The number of pyridine rings is 1. The largest absolute Gasteiger partial charge is 0.384 e. The van der Waals surface area contributed by atoms with Crippen LogP contribution in [-0.4, -0.2) is 18.1 Å². The molecule has 0 aliphatic carbocycles. The highest BCUT2D eigenvalue weighted by Crippen LogP contribution is 2.24. The fraction of sp³-hybridized carbons (Fsp3) is 0.308. The second-order valence-electron chi connectivity index (χ2n) is 3.94. The average Bonchev–Trinajstić information content (AvgIpc) is 2.34. The number of rotatable bonds is 5. The summed E-state index contributed by atoms with van der Waals surface area (Å²) >= 11 is 5.94. The Hall–Kier alpha value is -1.32. The third kappa shape index (κ3) is 3.08. The molecular formula is C13H16ClN3. The number of hydrogen-bond donors (Lipinski definition) is 2. The first-order chi connectivity index (χ1) is 8.31. The number of halogens is 1. The van der Waals surface area contributed by atoms with Gasteiger partial charge in [-0.3, -0.25) is 4.98 Å². The molecule has 2 aromatic rings. The zero-order valence-electron chi connectivity index (χ0n) is 9.62. The summed E-state index contributed by atoms with van der Waals surface area (Å²) in [5, 5.41) is 5.22. The molecule has 4 heteroatoms. The molecule has 0 radical (unpaired) electrons. The molecule has 0 unspecified atom stereocenters. The molecule has 0 amide bonds. The third-order valence-corrected chi connectivity index (χ3v) is 2.89. The molecule has 0 fully saturated rings. The summed E-state index contributed by atoms with van der Waals surface area (Å²) in [7, 11) is 0. The van der Waals surface area contributed by atoms with Crippen LogP contribution in [0.15, 0.2) is 30.5 Å². The molecule has 0 saturated carbocycles. The van der Waals surface area contributed by atoms with E-state index in [-0.39, 0.29) is 0 Å². The first-order valence-corrected chi connectivity index (χ1v) is 6.17. The fourth-order valence-corrected chi connectivity index (χ4v) is 1.93. The summed E-state index contributed by atoms with van der Waals surface area (Å²) < 4.78 is 0. The average molecular weight is 250 g/mol. The van der Waals surface area contributed by atoms with Crippen LogP contribution >= 0.6 is 11.6 Å². The van der Waals surface area contributed by atoms with Crippen LogP contribution in [0, 0.1) is 0 Å². The summed E-state index contributed by atoms with van der Waals surface area (Å²) in [5.41, 5.74) is 7.48. The van der Waals surface area contributed by atoms with E-state index in [0.717, 1.165) is 42.5 Å². The van der Waals surface area contributed by atoms with Crippen molar-refractivity contribution in [2.45, 2.75) is 12.8 Å². The lowest BCUT2D eigenvalue weighted by Gasteiger charge is -2.09. The van der Waals surface area contributed by atoms with Gasteiger partial charge in [0.1, 0.15) is 0 Å². The van der Waals surface area contributed by atoms with E-state index in [1.54, 1.807) is 6.20 Å². The van der Waals surface area contributed by atoms with Gasteiger partial charge in [0.05, 0.1) is 5.52 Å². The number of hydrogen-bond acceptors (Lipinski definition) is 3. The Morgan fingerprint density at radius 1 is 1.24 bits per heavy atom. The maximum absolute atomic E-state index is 5.94. The summed E-state index contributed by atoms with van der Waals surface area (Å²) in [4.78, 5) is 4.30. The lowest BCUT2D eigenvalue weighted by atomic mass is 10.2. The number of aromatic nitrogens is 1. The summed E-state index contributed by atoms with van der Waals surface area (Å²) in [6, 6.07) is 7.74. The van der Waals surface area contributed by atoms with Crippen LogP contribution < -0.4 is 11.1 Å². The van der Waals surface area contributed by atoms with Gasteiger partial charge in [-0.2, -0.15) is 0 Å². The minimum absolute atomic E-state index is 0.713. The van der Waals surface area contributed by atoms with Gasteiger partial charge in [-0.15, -0.1) is 0 Å². The number of nitrogens with two attached hydrogens (primary N) is 1. The standard InChI is InChI=1S/C13H16ClN3/c14-10-3-4-11-12(16-7-2-1-6-15)5-8-17-13(11)9-10/h3-5,8-9H,1-2,6-7,15H2,(H,16,17). The van der Waals surface area contributed by atoms with Crippen molar-refractivity contribution in [3.8, 4) is 0 Å². The predicted molar refractivity (Wildman–Crippen MR) is 73.5 cm³/mol. The minimum atomic E-state index is 0.713. The van der Waals surface area contributed by atoms with Gasteiger partial charge in [-0.25, -0.2) is 0 Å². The molecule has 1 heterocycles. The van der Waals surface area contributed by atoms with Crippen molar-refractivity contribution >= 4 is 28.2 Å². The van der Waals surface area contributed by atoms with Crippen molar-refractivity contribution in [2.75, 3.05) is 18.4 Å². The molecule has 17 heavy (non-hydrogen) atoms. The summed E-state index contributed by atoms with van der Waals surface area (Å²) in [6.45, 7) is 1.67. The number of nitrogens with zero attached hydrogens (tertiary/aromatic N) is 1. The van der Waals surface area contributed by atoms with Crippen LogP contribution in [0.3, 0.4) is 0 Å². The van der Waals surface area contributed by atoms with Gasteiger partial charge in [0.25, 0.3) is 0 Å². The first-order valence-electron chi connectivity index (χ1n) is 5.79. The van der Waals surface area contributed by atoms with E-state index in [1.807, 2.05) is 24.3 Å². The van der Waals surface area contributed by atoms with E-state index in [0.29, 0.717) is 5.02 Å². The van der Waals surface area contributed by atoms with Crippen LogP contribution in [0.1, 0.15) is 12.8 Å². The highest BCUT2D eigenvalue weighted by Gasteiger charge is 2.01. The van der Waals surface area contributed by atoms with Crippen LogP contribution in [0.4, 0.5) is 5.69 Å². The number of anilines is 1. The fourth-order valence-electron chi connectivity index (χ4n) is 1.77. The van der Waals surface area contributed by atoms with Crippen molar-refractivity contribution in [2.24, 2.45) is 5.73 Å². The van der Waals surface area contributed by atoms with Crippen molar-refractivity contribution in [3.05, 3.63) is 35.5 Å². The maximum Gasteiger partial charge on any atom is 0.0737 e. The normalized spacial score (nSPS) is 10.7. The zero-order chi connectivity index (χ0) is 12.1. The van der Waals surface area contributed by atoms with E-state index < -0.39 is 0 Å². The molecule has 0 bridgehead atoms. The van der Waals surface area contributed by atoms with Crippen LogP contribution in [0.5, 0.6) is 0 Å². The maximum atomic E-state index is 5.94. The molecule has 0 atom stereocenters. The zero-order valence-corrected chi connectivity index (χ0v) is 10.4. The second-order valence-corrected chi connectivity index (χ2v) is 4.38. The van der Waals surface area contributed by atoms with Gasteiger partial charge >= 0.3 is 0 Å². The first kappa shape index (κ1) is 12.1. The topological polar surface area (TPSA) is 50.9 Å². The van der Waals surface area contributed by atoms with Gasteiger partial charge < -0.3 is 11.1 Å². The monoisotopic (exact) mass is 249 g/mol. The van der Waals surface area contributed by atoms with Gasteiger partial charge in [-0.05, 0) is 43.7 Å². The second kappa shape index (κ2) is 5.84. The molecule has 0 aliphatic heterocycles. The quantitative estimate of drug-likeness (QED) is 0.801. The van der Waals surface area contributed by atoms with Crippen molar-refractivity contribution in [1.82, 2.24) is 4.98 Å². The Morgan fingerprint density at radius 2 is 2.12 bits per heavy atom. The molecule has 90 valence electrons. The van der Waals surface area contributed by atoms with E-state index in [4.69, 9.17) is 17.3 Å². The molecule has 0 aliphatic rings. The molecule has 3 nitrogen and oxygen atoms in total. The molecule has 3 N–H and O–H groups in total. The van der Waals surface area contributed by atoms with Crippen molar-refractivity contribution in [3.63, 3.8) is 0 Å². The van der Waals surface area contributed by atoms with Gasteiger partial charge in [0, 0.05) is 28.8 Å². The SMILES string of the molecule is NCCCCNc1ccnc2cc(Cl)ccc12. The number of nitrogens with one attached hydrogen (secondary N) is 1. The molecule has 2 rings (SSSR count). The lowest BCUT2D eigenvalue weighted by molar-refractivity contribution is 0.774. The van der Waals surface area contributed by atoms with Gasteiger partial charge in [0.2, 0.25) is 0 Å². The summed E-state index contributed by atoms with van der Waals surface area (Å²) in [6.07, 6.45) is 3.92. The van der Waals surface area contributed by atoms with Crippen molar-refractivity contribution < 1.29 is 0 Å². The van der Waals surface area contributed by atoms with Gasteiger partial charge in [0.15, 0.2) is 0 Å². The molecule has 1 aromatic heterocycles. The van der Waals surface area contributed by atoms with Crippen LogP contribution in [0.2, 0.25) is 5.02 Å². The Bertz CT molecular complexity index is 499. The van der Waals surface area contributed by atoms with Crippen molar-refractivity contribution in [1.29, 1.82) is 0 Å². The number of unbranched alkanes of at least 4 members (excludes halogenated alkanes) is 1. The molecule has 0 saturated heterocycles. The van der Waals surface area contributed by atoms with E-state index in [9.17, 15) is 0 Å². The Morgan fingerprint density at radius 3 is 2.94 bits per heavy atom. The molecule has 1 aromatic carbocycles. The van der Waals surface area contributed by atoms with E-state index >= 15 is 0 Å². The van der Waals surface area contributed by atoms with Crippen LogP contribution in [-0.2, 0) is 0 Å². The number of fused-ring (bicyclic) bond motifs is 1. The highest BCUT2D eigenvalue weighted by molar-refractivity contribution is 6.31. The van der Waals surface area contributed by atoms with Crippen LogP contribution in [0.25, 0.3) is 10.9 Å². The number of benzene rings is 1.